The van der Waals surface area contributed by atoms with E-state index >= 15 is 0 Å². The van der Waals surface area contributed by atoms with Crippen LogP contribution in [0.2, 0.25) is 0 Å². The van der Waals surface area contributed by atoms with Crippen LogP contribution in [0.3, 0.4) is 0 Å². The van der Waals surface area contributed by atoms with Gasteiger partial charge in [-0.25, -0.2) is 8.42 Å². The summed E-state index contributed by atoms with van der Waals surface area (Å²) >= 11 is 0. The largest absolute Gasteiger partial charge is 0.497 e. The van der Waals surface area contributed by atoms with Gasteiger partial charge in [-0.15, -0.1) is 0 Å². The summed E-state index contributed by atoms with van der Waals surface area (Å²) in [5.74, 6) is -2.13. The molecule has 1 spiro atoms. The van der Waals surface area contributed by atoms with Crippen LogP contribution in [-0.2, 0) is 24.3 Å². The van der Waals surface area contributed by atoms with Gasteiger partial charge in [-0.3, -0.25) is 4.79 Å². The predicted molar refractivity (Wildman–Crippen MR) is 126 cm³/mol. The van der Waals surface area contributed by atoms with Crippen molar-refractivity contribution in [2.75, 3.05) is 27.4 Å². The molecule has 1 aliphatic carbocycles. The Kier molecular flexibility index (Phi) is 7.28. The monoisotopic (exact) mass is 489 g/mol. The molecule has 2 aromatic rings. The van der Waals surface area contributed by atoms with Gasteiger partial charge in [0.15, 0.2) is 5.79 Å². The van der Waals surface area contributed by atoms with E-state index in [9.17, 15) is 18.3 Å². The third-order valence-electron chi connectivity index (χ3n) is 6.82. The molecule has 2 unspecified atom stereocenters. The average Bonchev–Trinajstić information content (AvgIpc) is 2.86. The van der Waals surface area contributed by atoms with Gasteiger partial charge in [0, 0.05) is 19.4 Å². The number of nitrogens with zero attached hydrogens (tertiary/aromatic N) is 1. The van der Waals surface area contributed by atoms with Crippen molar-refractivity contribution in [3.05, 3.63) is 48.5 Å². The van der Waals surface area contributed by atoms with Crippen molar-refractivity contribution >= 4 is 16.0 Å². The Morgan fingerprint density at radius 3 is 2.18 bits per heavy atom. The van der Waals surface area contributed by atoms with E-state index in [0.29, 0.717) is 26.1 Å². The first-order valence-corrected chi connectivity index (χ1v) is 13.0. The molecule has 1 saturated carbocycles. The highest BCUT2D eigenvalue weighted by atomic mass is 32.2. The van der Waals surface area contributed by atoms with Gasteiger partial charge in [-0.2, -0.15) is 4.31 Å². The summed E-state index contributed by atoms with van der Waals surface area (Å²) in [6.45, 7) is 0.957. The second-order valence-electron chi connectivity index (χ2n) is 8.77. The molecule has 2 aromatic carbocycles. The summed E-state index contributed by atoms with van der Waals surface area (Å²) in [6, 6.07) is 12.6. The molecule has 8 nitrogen and oxygen atoms in total. The molecule has 0 aromatic heterocycles. The van der Waals surface area contributed by atoms with Crippen LogP contribution in [0.4, 0.5) is 0 Å². The minimum atomic E-state index is -4.08. The van der Waals surface area contributed by atoms with Crippen LogP contribution in [-0.4, -0.2) is 63.0 Å². The van der Waals surface area contributed by atoms with Gasteiger partial charge in [0.25, 0.3) is 0 Å². The Hall–Kier alpha value is -2.46. The Bertz CT molecular complexity index is 1080. The number of hydrogen-bond donors (Lipinski definition) is 1. The maximum Gasteiger partial charge on any atom is 0.322 e. The maximum absolute atomic E-state index is 13.5. The predicted octanol–water partition coefficient (Wildman–Crippen LogP) is 3.76. The summed E-state index contributed by atoms with van der Waals surface area (Å²) in [5, 5.41) is 10.1. The minimum Gasteiger partial charge on any atom is -0.497 e. The van der Waals surface area contributed by atoms with Gasteiger partial charge >= 0.3 is 5.97 Å². The smallest absolute Gasteiger partial charge is 0.322 e. The summed E-state index contributed by atoms with van der Waals surface area (Å²) in [5.41, 5.74) is 1.76. The van der Waals surface area contributed by atoms with Crippen LogP contribution < -0.4 is 4.74 Å². The van der Waals surface area contributed by atoms with E-state index in [-0.39, 0.29) is 4.90 Å². The van der Waals surface area contributed by atoms with Crippen LogP contribution in [0, 0.1) is 5.92 Å². The zero-order valence-corrected chi connectivity index (χ0v) is 20.3. The van der Waals surface area contributed by atoms with E-state index in [1.165, 1.54) is 19.2 Å². The number of sulfonamides is 1. The summed E-state index contributed by atoms with van der Waals surface area (Å²) in [7, 11) is -1.15. The molecule has 9 heteroatoms. The average molecular weight is 490 g/mol. The number of carboxylic acids is 1. The fourth-order valence-electron chi connectivity index (χ4n) is 4.99. The third kappa shape index (κ3) is 4.70. The number of aliphatic carboxylic acids is 1. The number of benzene rings is 2. The Morgan fingerprint density at radius 1 is 1.03 bits per heavy atom. The molecule has 2 fully saturated rings. The van der Waals surface area contributed by atoms with Gasteiger partial charge in [0.2, 0.25) is 10.0 Å². The second kappa shape index (κ2) is 10.0. The molecule has 4 rings (SSSR count). The second-order valence-corrected chi connectivity index (χ2v) is 10.8. The Morgan fingerprint density at radius 2 is 1.62 bits per heavy atom. The van der Waals surface area contributed by atoms with E-state index in [1.807, 2.05) is 24.3 Å². The molecule has 0 radical (unpaired) electrons. The van der Waals surface area contributed by atoms with Crippen molar-refractivity contribution in [2.45, 2.75) is 48.8 Å². The minimum absolute atomic E-state index is 0.0360. The van der Waals surface area contributed by atoms with E-state index in [4.69, 9.17) is 14.2 Å². The topological polar surface area (TPSA) is 102 Å². The van der Waals surface area contributed by atoms with E-state index in [1.54, 1.807) is 19.2 Å². The molecule has 1 saturated heterocycles. The molecule has 1 N–H and O–H groups in total. The van der Waals surface area contributed by atoms with Crippen LogP contribution >= 0.6 is 0 Å². The number of carbonyl (C=O) groups is 1. The zero-order chi connectivity index (χ0) is 24.3. The van der Waals surface area contributed by atoms with Gasteiger partial charge in [-0.1, -0.05) is 30.7 Å². The Balaban J connectivity index is 1.61. The van der Waals surface area contributed by atoms with E-state index < -0.39 is 33.7 Å². The normalized spacial score (nSPS) is 21.3. The van der Waals surface area contributed by atoms with Crippen molar-refractivity contribution in [3.63, 3.8) is 0 Å². The first-order chi connectivity index (χ1) is 16.3. The van der Waals surface area contributed by atoms with Crippen molar-refractivity contribution in [1.29, 1.82) is 0 Å². The molecule has 0 amide bonds. The van der Waals surface area contributed by atoms with Gasteiger partial charge in [0.1, 0.15) is 11.8 Å². The van der Waals surface area contributed by atoms with Crippen molar-refractivity contribution < 1.29 is 32.5 Å². The lowest BCUT2D eigenvalue weighted by Gasteiger charge is -2.48. The highest BCUT2D eigenvalue weighted by Crippen LogP contribution is 2.43. The number of rotatable bonds is 7. The lowest BCUT2D eigenvalue weighted by atomic mass is 9.78. The zero-order valence-electron chi connectivity index (χ0n) is 19.5. The fraction of sp³-hybridized carbons (Fsp3) is 0.480. The molecular formula is C25H31NO7S. The van der Waals surface area contributed by atoms with Gasteiger partial charge in [-0.05, 0) is 54.7 Å². The van der Waals surface area contributed by atoms with Crippen LogP contribution in [0.1, 0.15) is 32.1 Å². The Labute approximate surface area is 200 Å². The van der Waals surface area contributed by atoms with Crippen molar-refractivity contribution in [2.24, 2.45) is 5.92 Å². The van der Waals surface area contributed by atoms with Crippen LogP contribution in [0.15, 0.2) is 53.4 Å². The van der Waals surface area contributed by atoms with Crippen molar-refractivity contribution in [1.82, 2.24) is 4.31 Å². The molecule has 1 heterocycles. The van der Waals surface area contributed by atoms with E-state index in [0.717, 1.165) is 40.4 Å². The summed E-state index contributed by atoms with van der Waals surface area (Å²) < 4.78 is 45.1. The number of methoxy groups -OCH3 is 1. The summed E-state index contributed by atoms with van der Waals surface area (Å²) in [4.78, 5) is 12.4. The lowest BCUT2D eigenvalue weighted by Crippen LogP contribution is -2.59. The number of carboxylic acid groups (broad SMARTS) is 1. The van der Waals surface area contributed by atoms with E-state index in [2.05, 4.69) is 0 Å². The highest BCUT2D eigenvalue weighted by molar-refractivity contribution is 7.89. The van der Waals surface area contributed by atoms with Crippen LogP contribution in [0.25, 0.3) is 11.1 Å². The molecule has 0 bridgehead atoms. The molecule has 1 aliphatic heterocycles. The molecule has 2 atom stereocenters. The molecule has 184 valence electrons. The SMILES string of the molecule is COc1ccc(-c2ccc(S(=O)(=O)N(C)C(C(=O)O)C3CCCCC34OCCCO4)cc2)cc1. The van der Waals surface area contributed by atoms with Gasteiger partial charge in [0.05, 0.1) is 25.2 Å². The number of ether oxygens (including phenoxy) is 3. The van der Waals surface area contributed by atoms with Crippen LogP contribution in [0.5, 0.6) is 5.75 Å². The van der Waals surface area contributed by atoms with Crippen molar-refractivity contribution in [3.8, 4) is 16.9 Å². The fourth-order valence-corrected chi connectivity index (χ4v) is 6.34. The summed E-state index contributed by atoms with van der Waals surface area (Å²) in [6.07, 6.45) is 3.47. The molecular weight excluding hydrogens is 458 g/mol. The third-order valence-corrected chi connectivity index (χ3v) is 8.67. The highest BCUT2D eigenvalue weighted by Gasteiger charge is 2.53. The maximum atomic E-state index is 13.5. The first-order valence-electron chi connectivity index (χ1n) is 11.5. The number of hydrogen-bond acceptors (Lipinski definition) is 6. The standard InChI is InChI=1S/C25H31NO7S/c1-26(23(24(27)28)22-6-3-4-15-25(22)32-16-5-17-33-25)34(29,30)21-13-9-19(10-14-21)18-7-11-20(31-2)12-8-18/h7-14,22-23H,3-6,15-17H2,1-2H3,(H,27,28). The molecule has 2 aliphatic rings. The first kappa shape index (κ1) is 24.7. The van der Waals surface area contributed by atoms with Gasteiger partial charge < -0.3 is 19.3 Å². The molecule has 34 heavy (non-hydrogen) atoms. The number of likely N-dealkylation sites (N-methyl/N-ethyl adjacent to an activating group) is 1. The quantitative estimate of drug-likeness (QED) is 0.632. The lowest BCUT2D eigenvalue weighted by molar-refractivity contribution is -0.310.